The number of carbonyl (C=O) groups excluding carboxylic acids is 1. The van der Waals surface area contributed by atoms with E-state index in [0.717, 1.165) is 33.2 Å². The molecule has 0 aromatic heterocycles. The van der Waals surface area contributed by atoms with Crippen LogP contribution in [0.3, 0.4) is 0 Å². The van der Waals surface area contributed by atoms with Gasteiger partial charge in [0.2, 0.25) is 0 Å². The summed E-state index contributed by atoms with van der Waals surface area (Å²) in [5, 5.41) is 6.20. The zero-order valence-electron chi connectivity index (χ0n) is 17.8. The van der Waals surface area contributed by atoms with Gasteiger partial charge in [-0.25, -0.2) is 5.43 Å². The van der Waals surface area contributed by atoms with Gasteiger partial charge in [-0.05, 0) is 47.0 Å². The van der Waals surface area contributed by atoms with Crippen molar-refractivity contribution in [1.29, 1.82) is 0 Å². The summed E-state index contributed by atoms with van der Waals surface area (Å²) in [4.78, 5) is 12.2. The minimum absolute atomic E-state index is 0.129. The minimum atomic E-state index is -0.341. The average molecular weight is 425 g/mol. The summed E-state index contributed by atoms with van der Waals surface area (Å²) in [5.41, 5.74) is 5.57. The van der Waals surface area contributed by atoms with Crippen molar-refractivity contribution in [2.45, 2.75) is 6.92 Å². The van der Waals surface area contributed by atoms with E-state index in [1.54, 1.807) is 6.21 Å². The highest BCUT2D eigenvalue weighted by Gasteiger charge is 2.07. The van der Waals surface area contributed by atoms with E-state index in [1.165, 1.54) is 0 Å². The molecule has 5 nitrogen and oxygen atoms in total. The van der Waals surface area contributed by atoms with E-state index in [1.807, 2.05) is 97.9 Å². The Balaban J connectivity index is 1.37. The van der Waals surface area contributed by atoms with Gasteiger partial charge in [0.15, 0.2) is 6.61 Å². The number of benzene rings is 4. The lowest BCUT2D eigenvalue weighted by Crippen LogP contribution is -2.24. The summed E-state index contributed by atoms with van der Waals surface area (Å²) in [5.74, 6) is 1.00. The van der Waals surface area contributed by atoms with Gasteiger partial charge in [-0.15, -0.1) is 0 Å². The molecule has 32 heavy (non-hydrogen) atoms. The largest absolute Gasteiger partial charge is 0.493 e. The highest BCUT2D eigenvalue weighted by atomic mass is 16.5. The molecule has 0 heterocycles. The first-order valence-electron chi connectivity index (χ1n) is 10.5. The first-order chi connectivity index (χ1) is 15.7. The molecular formula is C27H24N2O3. The molecule has 0 spiro atoms. The molecule has 4 aromatic rings. The first kappa shape index (κ1) is 21.1. The Labute approximate surface area is 187 Å². The van der Waals surface area contributed by atoms with Crippen LogP contribution in [0.25, 0.3) is 21.9 Å². The van der Waals surface area contributed by atoms with Crippen LogP contribution in [0, 0.1) is 0 Å². The highest BCUT2D eigenvalue weighted by molar-refractivity contribution is 6.02. The number of fused-ring (bicyclic) bond motifs is 1. The maximum Gasteiger partial charge on any atom is 0.277 e. The molecule has 0 aliphatic rings. The number of hydrogen-bond donors (Lipinski definition) is 1. The minimum Gasteiger partial charge on any atom is -0.493 e. The number of rotatable bonds is 8. The van der Waals surface area contributed by atoms with Crippen LogP contribution in [-0.2, 0) is 4.79 Å². The molecule has 4 rings (SSSR count). The molecule has 4 aromatic carbocycles. The Morgan fingerprint density at radius 2 is 1.56 bits per heavy atom. The molecule has 0 saturated carbocycles. The van der Waals surface area contributed by atoms with Crippen molar-refractivity contribution in [2.24, 2.45) is 5.10 Å². The fraction of sp³-hybridized carbons (Fsp3) is 0.111. The van der Waals surface area contributed by atoms with E-state index in [4.69, 9.17) is 9.47 Å². The molecule has 0 aliphatic carbocycles. The van der Waals surface area contributed by atoms with Crippen LogP contribution in [0.15, 0.2) is 96.1 Å². The van der Waals surface area contributed by atoms with E-state index in [-0.39, 0.29) is 12.5 Å². The third-order valence-electron chi connectivity index (χ3n) is 4.94. The Bertz CT molecular complexity index is 1220. The van der Waals surface area contributed by atoms with Crippen LogP contribution >= 0.6 is 0 Å². The molecule has 1 N–H and O–H groups in total. The predicted octanol–water partition coefficient (Wildman–Crippen LogP) is 5.43. The van der Waals surface area contributed by atoms with E-state index < -0.39 is 0 Å². The third-order valence-corrected chi connectivity index (χ3v) is 4.94. The zero-order valence-corrected chi connectivity index (χ0v) is 17.8. The van der Waals surface area contributed by atoms with E-state index in [0.29, 0.717) is 12.4 Å². The normalized spacial score (nSPS) is 10.9. The zero-order chi connectivity index (χ0) is 22.2. The molecule has 0 saturated heterocycles. The van der Waals surface area contributed by atoms with Crippen molar-refractivity contribution in [2.75, 3.05) is 13.2 Å². The molecule has 0 bridgehead atoms. The standard InChI is InChI=1S/C27H24N2O3/c1-2-31-26-17-14-22-10-6-7-11-24(22)25(26)18-28-29-27(30)19-32-23-15-12-21(13-16-23)20-8-4-3-5-9-20/h3-18H,2,19H2,1H3,(H,29,30)/b28-18+. The van der Waals surface area contributed by atoms with Crippen LogP contribution < -0.4 is 14.9 Å². The topological polar surface area (TPSA) is 59.9 Å². The van der Waals surface area contributed by atoms with Gasteiger partial charge in [0.25, 0.3) is 5.91 Å². The van der Waals surface area contributed by atoms with Gasteiger partial charge in [-0.2, -0.15) is 5.10 Å². The number of nitrogens with one attached hydrogen (secondary N) is 1. The van der Waals surface area contributed by atoms with Crippen molar-refractivity contribution in [1.82, 2.24) is 5.43 Å². The molecule has 1 amide bonds. The Morgan fingerprint density at radius 3 is 2.34 bits per heavy atom. The molecule has 0 radical (unpaired) electrons. The summed E-state index contributed by atoms with van der Waals surface area (Å²) in [6.07, 6.45) is 1.61. The second-order valence-corrected chi connectivity index (χ2v) is 7.10. The SMILES string of the molecule is CCOc1ccc2ccccc2c1/C=N/NC(=O)COc1ccc(-c2ccccc2)cc1. The van der Waals surface area contributed by atoms with E-state index >= 15 is 0 Å². The second-order valence-electron chi connectivity index (χ2n) is 7.10. The smallest absolute Gasteiger partial charge is 0.277 e. The van der Waals surface area contributed by atoms with Crippen molar-refractivity contribution in [3.63, 3.8) is 0 Å². The molecule has 160 valence electrons. The molecule has 0 fully saturated rings. The van der Waals surface area contributed by atoms with Crippen molar-refractivity contribution in [3.8, 4) is 22.6 Å². The fourth-order valence-electron chi connectivity index (χ4n) is 3.41. The lowest BCUT2D eigenvalue weighted by Gasteiger charge is -2.10. The lowest BCUT2D eigenvalue weighted by atomic mass is 10.0. The van der Waals surface area contributed by atoms with E-state index in [9.17, 15) is 4.79 Å². The average Bonchev–Trinajstić information content (AvgIpc) is 2.85. The number of amides is 1. The van der Waals surface area contributed by atoms with Crippen LogP contribution in [0.5, 0.6) is 11.5 Å². The van der Waals surface area contributed by atoms with Crippen LogP contribution in [-0.4, -0.2) is 25.3 Å². The van der Waals surface area contributed by atoms with Crippen LogP contribution in [0.4, 0.5) is 0 Å². The van der Waals surface area contributed by atoms with Crippen molar-refractivity contribution in [3.05, 3.63) is 96.6 Å². The Hall–Kier alpha value is -4.12. The van der Waals surface area contributed by atoms with E-state index in [2.05, 4.69) is 10.5 Å². The molecule has 0 aliphatic heterocycles. The van der Waals surface area contributed by atoms with Crippen molar-refractivity contribution >= 4 is 22.9 Å². The number of nitrogens with zero attached hydrogens (tertiary/aromatic N) is 1. The number of ether oxygens (including phenoxy) is 2. The van der Waals surface area contributed by atoms with Gasteiger partial charge >= 0.3 is 0 Å². The molecule has 0 atom stereocenters. The summed E-state index contributed by atoms with van der Waals surface area (Å²) in [6, 6.07) is 29.6. The van der Waals surface area contributed by atoms with Gasteiger partial charge in [0, 0.05) is 5.56 Å². The first-order valence-corrected chi connectivity index (χ1v) is 10.5. The third kappa shape index (κ3) is 5.13. The Morgan fingerprint density at radius 1 is 0.844 bits per heavy atom. The summed E-state index contributed by atoms with van der Waals surface area (Å²) < 4.78 is 11.3. The van der Waals surface area contributed by atoms with Gasteiger partial charge in [0.1, 0.15) is 11.5 Å². The summed E-state index contributed by atoms with van der Waals surface area (Å²) >= 11 is 0. The molecule has 0 unspecified atom stereocenters. The highest BCUT2D eigenvalue weighted by Crippen LogP contribution is 2.26. The molecular weight excluding hydrogens is 400 g/mol. The van der Waals surface area contributed by atoms with Gasteiger partial charge in [0.05, 0.1) is 12.8 Å². The summed E-state index contributed by atoms with van der Waals surface area (Å²) in [6.45, 7) is 2.35. The number of carbonyl (C=O) groups is 1. The number of hydrogen-bond acceptors (Lipinski definition) is 4. The van der Waals surface area contributed by atoms with Crippen LogP contribution in [0.1, 0.15) is 12.5 Å². The fourth-order valence-corrected chi connectivity index (χ4v) is 3.41. The Kier molecular flexibility index (Phi) is 6.78. The predicted molar refractivity (Wildman–Crippen MR) is 128 cm³/mol. The molecule has 5 heteroatoms. The van der Waals surface area contributed by atoms with Gasteiger partial charge < -0.3 is 9.47 Å². The van der Waals surface area contributed by atoms with Gasteiger partial charge in [-0.1, -0.05) is 72.8 Å². The monoisotopic (exact) mass is 424 g/mol. The lowest BCUT2D eigenvalue weighted by molar-refractivity contribution is -0.123. The maximum atomic E-state index is 12.2. The van der Waals surface area contributed by atoms with Crippen LogP contribution in [0.2, 0.25) is 0 Å². The summed E-state index contributed by atoms with van der Waals surface area (Å²) in [7, 11) is 0. The maximum absolute atomic E-state index is 12.2. The number of hydrazone groups is 1. The second kappa shape index (κ2) is 10.3. The quantitative estimate of drug-likeness (QED) is 0.303. The van der Waals surface area contributed by atoms with Crippen molar-refractivity contribution < 1.29 is 14.3 Å². The van der Waals surface area contributed by atoms with Gasteiger partial charge in [-0.3, -0.25) is 4.79 Å².